The Morgan fingerprint density at radius 3 is 2.75 bits per heavy atom. The molecule has 1 aromatic heterocycles. The van der Waals surface area contributed by atoms with Crippen LogP contribution < -0.4 is 4.72 Å². The highest BCUT2D eigenvalue weighted by atomic mass is 79.9. The normalized spacial score (nSPS) is 10.8. The summed E-state index contributed by atoms with van der Waals surface area (Å²) >= 11 is 8.90. The Hall–Kier alpha value is -1.62. The number of halogens is 2. The molecule has 8 heteroatoms. The number of hydrogen-bond acceptors (Lipinski definition) is 4. The van der Waals surface area contributed by atoms with E-state index in [0.29, 0.717) is 4.47 Å². The lowest BCUT2D eigenvalue weighted by atomic mass is 10.2. The van der Waals surface area contributed by atoms with E-state index in [-0.39, 0.29) is 21.3 Å². The number of hydrogen-bond donors (Lipinski definition) is 1. The Kier molecular flexibility index (Phi) is 4.28. The zero-order valence-corrected chi connectivity index (χ0v) is 13.0. The molecule has 0 atom stereocenters. The number of nitrogens with zero attached hydrogens (tertiary/aromatic N) is 2. The first kappa shape index (κ1) is 14.8. The third-order valence-corrected chi connectivity index (χ3v) is 4.83. The van der Waals surface area contributed by atoms with Crippen molar-refractivity contribution in [3.8, 4) is 6.07 Å². The molecule has 0 aliphatic carbocycles. The molecule has 0 aliphatic heterocycles. The van der Waals surface area contributed by atoms with Gasteiger partial charge in [0.25, 0.3) is 10.0 Å². The van der Waals surface area contributed by atoms with Gasteiger partial charge >= 0.3 is 0 Å². The number of sulfonamides is 1. The Labute approximate surface area is 129 Å². The first-order valence-electron chi connectivity index (χ1n) is 5.26. The molecule has 1 N–H and O–H groups in total. The molecule has 102 valence electrons. The standard InChI is InChI=1S/C12H7BrClN3O2S/c13-11-5-9(7-16-12(11)14)17-20(18,19)10-3-1-2-8(4-10)6-15/h1-5,7,17H. The second-order valence-corrected chi connectivity index (χ2v) is 6.64. The van der Waals surface area contributed by atoms with Gasteiger partial charge in [-0.3, -0.25) is 4.72 Å². The predicted molar refractivity (Wildman–Crippen MR) is 78.9 cm³/mol. The summed E-state index contributed by atoms with van der Waals surface area (Å²) in [5.41, 5.74) is 0.534. The number of aromatic nitrogens is 1. The monoisotopic (exact) mass is 371 g/mol. The fourth-order valence-electron chi connectivity index (χ4n) is 1.42. The van der Waals surface area contributed by atoms with Gasteiger partial charge in [-0.15, -0.1) is 0 Å². The molecule has 2 aromatic rings. The smallest absolute Gasteiger partial charge is 0.261 e. The molecule has 0 spiro atoms. The summed E-state index contributed by atoms with van der Waals surface area (Å²) in [6.07, 6.45) is 1.30. The van der Waals surface area contributed by atoms with Crippen molar-refractivity contribution < 1.29 is 8.42 Å². The van der Waals surface area contributed by atoms with Crippen LogP contribution in [0.1, 0.15) is 5.56 Å². The van der Waals surface area contributed by atoms with Crippen LogP contribution in [-0.2, 0) is 10.0 Å². The van der Waals surface area contributed by atoms with Gasteiger partial charge in [0.05, 0.1) is 32.9 Å². The van der Waals surface area contributed by atoms with Crippen LogP contribution in [0, 0.1) is 11.3 Å². The van der Waals surface area contributed by atoms with E-state index in [1.807, 2.05) is 6.07 Å². The third-order valence-electron chi connectivity index (χ3n) is 2.32. The van der Waals surface area contributed by atoms with Crippen molar-refractivity contribution in [3.63, 3.8) is 0 Å². The van der Waals surface area contributed by atoms with Crippen LogP contribution in [0.5, 0.6) is 0 Å². The van der Waals surface area contributed by atoms with E-state index in [9.17, 15) is 8.42 Å². The van der Waals surface area contributed by atoms with E-state index in [0.717, 1.165) is 0 Å². The minimum Gasteiger partial charge on any atom is -0.278 e. The predicted octanol–water partition coefficient (Wildman–Crippen LogP) is 3.17. The van der Waals surface area contributed by atoms with Crippen molar-refractivity contribution in [1.29, 1.82) is 5.26 Å². The van der Waals surface area contributed by atoms with E-state index in [4.69, 9.17) is 16.9 Å². The maximum Gasteiger partial charge on any atom is 0.261 e. The number of benzene rings is 1. The molecular formula is C12H7BrClN3O2S. The average Bonchev–Trinajstić information content (AvgIpc) is 2.43. The van der Waals surface area contributed by atoms with Gasteiger partial charge < -0.3 is 0 Å². The number of anilines is 1. The van der Waals surface area contributed by atoms with Crippen molar-refractivity contribution in [2.75, 3.05) is 4.72 Å². The van der Waals surface area contributed by atoms with Crippen molar-refractivity contribution in [2.24, 2.45) is 0 Å². The molecule has 0 fully saturated rings. The molecule has 0 unspecified atom stereocenters. The van der Waals surface area contributed by atoms with Gasteiger partial charge in [-0.1, -0.05) is 17.7 Å². The Balaban J connectivity index is 2.35. The van der Waals surface area contributed by atoms with Gasteiger partial charge in [0.1, 0.15) is 5.15 Å². The average molecular weight is 373 g/mol. The molecule has 1 aromatic carbocycles. The van der Waals surface area contributed by atoms with E-state index >= 15 is 0 Å². The molecule has 0 aliphatic rings. The van der Waals surface area contributed by atoms with Gasteiger partial charge in [0.2, 0.25) is 0 Å². The maximum absolute atomic E-state index is 12.2. The summed E-state index contributed by atoms with van der Waals surface area (Å²) in [5, 5.41) is 9.02. The molecule has 20 heavy (non-hydrogen) atoms. The zero-order valence-electron chi connectivity index (χ0n) is 9.84. The van der Waals surface area contributed by atoms with Crippen LogP contribution in [-0.4, -0.2) is 13.4 Å². The second kappa shape index (κ2) is 5.79. The van der Waals surface area contributed by atoms with Crippen LogP contribution >= 0.6 is 27.5 Å². The van der Waals surface area contributed by atoms with Gasteiger partial charge in [-0.05, 0) is 40.2 Å². The summed E-state index contributed by atoms with van der Waals surface area (Å²) < 4.78 is 27.2. The fraction of sp³-hybridized carbons (Fsp3) is 0. The Bertz CT molecular complexity index is 803. The van der Waals surface area contributed by atoms with Crippen LogP contribution in [0.25, 0.3) is 0 Å². The summed E-state index contributed by atoms with van der Waals surface area (Å²) in [6.45, 7) is 0. The summed E-state index contributed by atoms with van der Waals surface area (Å²) in [4.78, 5) is 3.83. The van der Waals surface area contributed by atoms with E-state index in [1.54, 1.807) is 0 Å². The maximum atomic E-state index is 12.2. The van der Waals surface area contributed by atoms with Gasteiger partial charge in [0, 0.05) is 0 Å². The highest BCUT2D eigenvalue weighted by Crippen LogP contribution is 2.24. The van der Waals surface area contributed by atoms with Crippen LogP contribution in [0.15, 0.2) is 45.9 Å². The first-order valence-corrected chi connectivity index (χ1v) is 7.92. The van der Waals surface area contributed by atoms with Crippen molar-refractivity contribution in [3.05, 3.63) is 51.7 Å². The van der Waals surface area contributed by atoms with Crippen molar-refractivity contribution in [1.82, 2.24) is 4.98 Å². The summed E-state index contributed by atoms with van der Waals surface area (Å²) in [5.74, 6) is 0. The Morgan fingerprint density at radius 1 is 1.35 bits per heavy atom. The molecule has 0 amide bonds. The molecule has 0 bridgehead atoms. The largest absolute Gasteiger partial charge is 0.278 e. The minimum absolute atomic E-state index is 0.00243. The number of nitrogens with one attached hydrogen (secondary N) is 1. The molecule has 0 saturated carbocycles. The molecular weight excluding hydrogens is 366 g/mol. The molecule has 0 radical (unpaired) electrons. The summed E-state index contributed by atoms with van der Waals surface area (Å²) in [6, 6.07) is 9.12. The van der Waals surface area contributed by atoms with Gasteiger partial charge in [-0.2, -0.15) is 5.26 Å². The molecule has 1 heterocycles. The highest BCUT2D eigenvalue weighted by Gasteiger charge is 2.15. The number of rotatable bonds is 3. The lowest BCUT2D eigenvalue weighted by Crippen LogP contribution is -2.13. The van der Waals surface area contributed by atoms with Crippen LogP contribution in [0.2, 0.25) is 5.15 Å². The number of pyridine rings is 1. The lowest BCUT2D eigenvalue weighted by Gasteiger charge is -2.08. The second-order valence-electron chi connectivity index (χ2n) is 3.74. The highest BCUT2D eigenvalue weighted by molar-refractivity contribution is 9.10. The quantitative estimate of drug-likeness (QED) is 0.839. The van der Waals surface area contributed by atoms with Crippen LogP contribution in [0.3, 0.4) is 0 Å². The van der Waals surface area contributed by atoms with Gasteiger partial charge in [0.15, 0.2) is 0 Å². The molecule has 5 nitrogen and oxygen atoms in total. The SMILES string of the molecule is N#Cc1cccc(S(=O)(=O)Nc2cnc(Cl)c(Br)c2)c1. The lowest BCUT2D eigenvalue weighted by molar-refractivity contribution is 0.601. The fourth-order valence-corrected chi connectivity index (χ4v) is 2.96. The zero-order chi connectivity index (χ0) is 14.8. The van der Waals surface area contributed by atoms with E-state index < -0.39 is 10.0 Å². The molecule has 2 rings (SSSR count). The number of nitriles is 1. The van der Waals surface area contributed by atoms with Crippen molar-refractivity contribution >= 4 is 43.2 Å². The minimum atomic E-state index is -3.78. The summed E-state index contributed by atoms with van der Waals surface area (Å²) in [7, 11) is -3.78. The van der Waals surface area contributed by atoms with E-state index in [1.165, 1.54) is 36.5 Å². The van der Waals surface area contributed by atoms with Crippen LogP contribution in [0.4, 0.5) is 5.69 Å². The molecule has 0 saturated heterocycles. The Morgan fingerprint density at radius 2 is 2.10 bits per heavy atom. The van der Waals surface area contributed by atoms with E-state index in [2.05, 4.69) is 25.6 Å². The first-order chi connectivity index (χ1) is 9.42. The topological polar surface area (TPSA) is 82.8 Å². The third kappa shape index (κ3) is 3.28. The van der Waals surface area contributed by atoms with Crippen molar-refractivity contribution in [2.45, 2.75) is 4.90 Å². The van der Waals surface area contributed by atoms with Gasteiger partial charge in [-0.25, -0.2) is 13.4 Å².